The van der Waals surface area contributed by atoms with E-state index in [0.29, 0.717) is 11.9 Å². The van der Waals surface area contributed by atoms with Crippen molar-refractivity contribution >= 4 is 0 Å². The van der Waals surface area contributed by atoms with Crippen molar-refractivity contribution < 1.29 is 4.52 Å². The highest BCUT2D eigenvalue weighted by molar-refractivity contribution is 4.92. The zero-order valence-electron chi connectivity index (χ0n) is 11.2. The van der Waals surface area contributed by atoms with E-state index in [1.54, 1.807) is 0 Å². The van der Waals surface area contributed by atoms with Crippen molar-refractivity contribution in [1.29, 1.82) is 0 Å². The molecule has 2 rings (SSSR count). The predicted octanol–water partition coefficient (Wildman–Crippen LogP) is 0.993. The van der Waals surface area contributed by atoms with Crippen LogP contribution in [0, 0.1) is 6.92 Å². The molecule has 1 atom stereocenters. The van der Waals surface area contributed by atoms with Crippen molar-refractivity contribution in [3.05, 3.63) is 11.7 Å². The van der Waals surface area contributed by atoms with Crippen molar-refractivity contribution in [3.8, 4) is 0 Å². The van der Waals surface area contributed by atoms with Crippen LogP contribution in [0.1, 0.15) is 32.5 Å². The van der Waals surface area contributed by atoms with Crippen molar-refractivity contribution in [2.24, 2.45) is 0 Å². The number of aromatic nitrogens is 2. The Bertz CT molecular complexity index is 374. The van der Waals surface area contributed by atoms with Crippen LogP contribution in [0.5, 0.6) is 0 Å². The molecular formula is C12H22N4O. The predicted molar refractivity (Wildman–Crippen MR) is 65.9 cm³/mol. The number of nitrogens with one attached hydrogen (secondary N) is 1. The lowest BCUT2D eigenvalue weighted by Gasteiger charge is -2.43. The fourth-order valence-electron chi connectivity index (χ4n) is 2.25. The second kappa shape index (κ2) is 4.74. The first-order valence-corrected chi connectivity index (χ1v) is 6.24. The van der Waals surface area contributed by atoms with Crippen LogP contribution in [0.4, 0.5) is 0 Å². The molecule has 1 aromatic rings. The third-order valence-corrected chi connectivity index (χ3v) is 3.28. The van der Waals surface area contributed by atoms with E-state index in [9.17, 15) is 0 Å². The van der Waals surface area contributed by atoms with Crippen LogP contribution in [-0.4, -0.2) is 46.3 Å². The molecule has 5 nitrogen and oxygen atoms in total. The number of aryl methyl sites for hydroxylation is 1. The Morgan fingerprint density at radius 3 is 2.94 bits per heavy atom. The number of piperazine rings is 1. The summed E-state index contributed by atoms with van der Waals surface area (Å²) in [5, 5.41) is 7.36. The molecule has 17 heavy (non-hydrogen) atoms. The Balaban J connectivity index is 1.89. The summed E-state index contributed by atoms with van der Waals surface area (Å²) in [4.78, 5) is 6.72. The van der Waals surface area contributed by atoms with Gasteiger partial charge in [-0.05, 0) is 27.7 Å². The van der Waals surface area contributed by atoms with E-state index >= 15 is 0 Å². The monoisotopic (exact) mass is 238 g/mol. The molecule has 0 aromatic carbocycles. The maximum absolute atomic E-state index is 5.14. The van der Waals surface area contributed by atoms with Crippen LogP contribution in [0.3, 0.4) is 0 Å². The maximum atomic E-state index is 5.14. The van der Waals surface area contributed by atoms with E-state index < -0.39 is 0 Å². The number of hydrogen-bond acceptors (Lipinski definition) is 5. The Labute approximate surface area is 103 Å². The molecule has 1 N–H and O–H groups in total. The molecule has 5 heteroatoms. The summed E-state index contributed by atoms with van der Waals surface area (Å²) in [6, 6.07) is 0.562. The van der Waals surface area contributed by atoms with E-state index in [2.05, 4.69) is 41.1 Å². The van der Waals surface area contributed by atoms with E-state index in [1.165, 1.54) is 0 Å². The van der Waals surface area contributed by atoms with E-state index in [0.717, 1.165) is 31.9 Å². The van der Waals surface area contributed by atoms with Gasteiger partial charge < -0.3 is 9.84 Å². The van der Waals surface area contributed by atoms with Gasteiger partial charge in [0.1, 0.15) is 0 Å². The Hall–Kier alpha value is -0.940. The summed E-state index contributed by atoms with van der Waals surface area (Å²) >= 11 is 0. The second-order valence-electron chi connectivity index (χ2n) is 5.57. The molecule has 1 fully saturated rings. The number of nitrogens with zero attached hydrogens (tertiary/aromatic N) is 3. The smallest absolute Gasteiger partial charge is 0.227 e. The lowest BCUT2D eigenvalue weighted by Crippen LogP contribution is -2.60. The Morgan fingerprint density at radius 1 is 1.53 bits per heavy atom. The van der Waals surface area contributed by atoms with Crippen LogP contribution in [0.25, 0.3) is 0 Å². The fourth-order valence-corrected chi connectivity index (χ4v) is 2.25. The first kappa shape index (κ1) is 12.5. The third-order valence-electron chi connectivity index (χ3n) is 3.28. The normalized spacial score (nSPS) is 25.1. The van der Waals surface area contributed by atoms with Gasteiger partial charge in [-0.3, -0.25) is 4.90 Å². The SMILES string of the molecule is Cc1noc(CCN2CC(C)(C)NCC2C)n1. The molecule has 0 radical (unpaired) electrons. The Morgan fingerprint density at radius 2 is 2.29 bits per heavy atom. The first-order chi connectivity index (χ1) is 7.96. The Kier molecular flexibility index (Phi) is 3.49. The molecule has 1 aliphatic heterocycles. The van der Waals surface area contributed by atoms with Crippen LogP contribution in [-0.2, 0) is 6.42 Å². The molecule has 1 saturated heterocycles. The van der Waals surface area contributed by atoms with Gasteiger partial charge in [0.2, 0.25) is 5.89 Å². The summed E-state index contributed by atoms with van der Waals surface area (Å²) in [6.45, 7) is 11.7. The van der Waals surface area contributed by atoms with Crippen LogP contribution in [0.15, 0.2) is 4.52 Å². The van der Waals surface area contributed by atoms with Gasteiger partial charge in [-0.25, -0.2) is 0 Å². The lowest BCUT2D eigenvalue weighted by atomic mass is 9.99. The topological polar surface area (TPSA) is 54.2 Å². The maximum Gasteiger partial charge on any atom is 0.227 e. The van der Waals surface area contributed by atoms with Gasteiger partial charge in [0.25, 0.3) is 0 Å². The van der Waals surface area contributed by atoms with Gasteiger partial charge in [-0.15, -0.1) is 0 Å². The quantitative estimate of drug-likeness (QED) is 0.851. The molecular weight excluding hydrogens is 216 g/mol. The van der Waals surface area contributed by atoms with Gasteiger partial charge in [0.15, 0.2) is 5.82 Å². The van der Waals surface area contributed by atoms with Crippen LogP contribution < -0.4 is 5.32 Å². The van der Waals surface area contributed by atoms with Gasteiger partial charge in [0, 0.05) is 37.6 Å². The summed E-state index contributed by atoms with van der Waals surface area (Å²) in [5.74, 6) is 1.46. The summed E-state index contributed by atoms with van der Waals surface area (Å²) in [5.41, 5.74) is 0.192. The fraction of sp³-hybridized carbons (Fsp3) is 0.833. The largest absolute Gasteiger partial charge is 0.339 e. The minimum absolute atomic E-state index is 0.192. The molecule has 2 heterocycles. The zero-order valence-corrected chi connectivity index (χ0v) is 11.2. The number of hydrogen-bond donors (Lipinski definition) is 1. The van der Waals surface area contributed by atoms with Gasteiger partial charge in [0.05, 0.1) is 0 Å². The lowest BCUT2D eigenvalue weighted by molar-refractivity contribution is 0.103. The molecule has 0 spiro atoms. The van der Waals surface area contributed by atoms with Gasteiger partial charge >= 0.3 is 0 Å². The highest BCUT2D eigenvalue weighted by Crippen LogP contribution is 2.15. The van der Waals surface area contributed by atoms with Crippen molar-refractivity contribution in [1.82, 2.24) is 20.4 Å². The van der Waals surface area contributed by atoms with E-state index in [1.807, 2.05) is 6.92 Å². The molecule has 96 valence electrons. The number of rotatable bonds is 3. The molecule has 1 unspecified atom stereocenters. The van der Waals surface area contributed by atoms with Gasteiger partial charge in [-0.1, -0.05) is 5.16 Å². The highest BCUT2D eigenvalue weighted by atomic mass is 16.5. The molecule has 1 aliphatic rings. The van der Waals surface area contributed by atoms with Crippen molar-refractivity contribution in [3.63, 3.8) is 0 Å². The summed E-state index contributed by atoms with van der Waals surface area (Å²) in [6.07, 6.45) is 0.835. The molecule has 0 bridgehead atoms. The third kappa shape index (κ3) is 3.26. The average Bonchev–Trinajstić information content (AvgIpc) is 2.66. The molecule has 0 amide bonds. The van der Waals surface area contributed by atoms with Crippen molar-refractivity contribution in [2.75, 3.05) is 19.6 Å². The molecule has 1 aromatic heterocycles. The van der Waals surface area contributed by atoms with E-state index in [-0.39, 0.29) is 5.54 Å². The standard InChI is InChI=1S/C12H22N4O/c1-9-7-13-12(3,4)8-16(9)6-5-11-14-10(2)15-17-11/h9,13H,5-8H2,1-4H3. The molecule has 0 aliphatic carbocycles. The summed E-state index contributed by atoms with van der Waals surface area (Å²) < 4.78 is 5.14. The van der Waals surface area contributed by atoms with Crippen LogP contribution >= 0.6 is 0 Å². The van der Waals surface area contributed by atoms with Gasteiger partial charge in [-0.2, -0.15) is 4.98 Å². The van der Waals surface area contributed by atoms with Crippen molar-refractivity contribution in [2.45, 2.75) is 45.7 Å². The zero-order chi connectivity index (χ0) is 12.5. The minimum atomic E-state index is 0.192. The summed E-state index contributed by atoms with van der Waals surface area (Å²) in [7, 11) is 0. The average molecular weight is 238 g/mol. The van der Waals surface area contributed by atoms with E-state index in [4.69, 9.17) is 4.52 Å². The van der Waals surface area contributed by atoms with Crippen LogP contribution in [0.2, 0.25) is 0 Å². The highest BCUT2D eigenvalue weighted by Gasteiger charge is 2.29. The first-order valence-electron chi connectivity index (χ1n) is 6.24. The minimum Gasteiger partial charge on any atom is -0.339 e. The second-order valence-corrected chi connectivity index (χ2v) is 5.57. The molecule has 0 saturated carbocycles.